The van der Waals surface area contributed by atoms with Gasteiger partial charge in [-0.15, -0.1) is 10.2 Å². The molecular formula is C10H13N7O. The first kappa shape index (κ1) is 11.0. The number of nitrogens with zero attached hydrogens (tertiary/aromatic N) is 6. The highest BCUT2D eigenvalue weighted by Crippen LogP contribution is 2.10. The normalized spacial score (nSPS) is 15.6. The molecule has 1 N–H and O–H groups in total. The number of hydrogen-bond acceptors (Lipinski definition) is 6. The number of ketones is 1. The molecule has 0 bridgehead atoms. The number of rotatable bonds is 4. The second-order valence-electron chi connectivity index (χ2n) is 4.38. The molecule has 94 valence electrons. The minimum absolute atomic E-state index is 0.0889. The summed E-state index contributed by atoms with van der Waals surface area (Å²) < 4.78 is 3.31. The van der Waals surface area contributed by atoms with E-state index in [1.807, 2.05) is 0 Å². The lowest BCUT2D eigenvalue weighted by molar-refractivity contribution is 0.0987. The summed E-state index contributed by atoms with van der Waals surface area (Å²) in [5.74, 6) is -0.0889. The number of nitrogens with one attached hydrogen (secondary N) is 1. The Morgan fingerprint density at radius 3 is 2.83 bits per heavy atom. The molecule has 18 heavy (non-hydrogen) atoms. The summed E-state index contributed by atoms with van der Waals surface area (Å²) in [5.41, 5.74) is 1.02. The second-order valence-corrected chi connectivity index (χ2v) is 4.38. The lowest BCUT2D eigenvalue weighted by Gasteiger charge is -2.26. The smallest absolute Gasteiger partial charge is 0.190 e. The van der Waals surface area contributed by atoms with Crippen molar-refractivity contribution in [2.75, 3.05) is 13.1 Å². The van der Waals surface area contributed by atoms with Gasteiger partial charge in [-0.05, 0) is 0 Å². The quantitative estimate of drug-likeness (QED) is 0.695. The fourth-order valence-corrected chi connectivity index (χ4v) is 1.77. The molecule has 0 radical (unpaired) electrons. The molecule has 1 saturated heterocycles. The van der Waals surface area contributed by atoms with Gasteiger partial charge in [0, 0.05) is 26.3 Å². The number of Topliss-reactive ketones (excluding diaryl/α,β-unsaturated/α-hetero) is 1. The summed E-state index contributed by atoms with van der Waals surface area (Å²) in [6, 6.07) is 0.315. The second kappa shape index (κ2) is 4.30. The highest BCUT2D eigenvalue weighted by Gasteiger charge is 2.21. The van der Waals surface area contributed by atoms with Crippen molar-refractivity contribution in [2.24, 2.45) is 7.05 Å². The van der Waals surface area contributed by atoms with Crippen LogP contribution in [-0.4, -0.2) is 48.9 Å². The minimum atomic E-state index is -0.0889. The molecule has 1 aliphatic rings. The zero-order chi connectivity index (χ0) is 12.5. The number of carbonyl (C=O) groups is 1. The fourth-order valence-electron chi connectivity index (χ4n) is 1.77. The standard InChI is InChI=1S/C10H13N7O/c1-16-5-7(12-14-16)2-10(18)9-6-17(15-13-9)8-3-11-4-8/h5-6,8,11H,2-4H2,1H3. The van der Waals surface area contributed by atoms with E-state index < -0.39 is 0 Å². The maximum Gasteiger partial charge on any atom is 0.190 e. The maximum absolute atomic E-state index is 12.0. The Bertz CT molecular complexity index is 568. The van der Waals surface area contributed by atoms with Crippen molar-refractivity contribution < 1.29 is 4.79 Å². The van der Waals surface area contributed by atoms with E-state index in [-0.39, 0.29) is 12.2 Å². The lowest BCUT2D eigenvalue weighted by Crippen LogP contribution is -2.43. The maximum atomic E-state index is 12.0. The third-order valence-electron chi connectivity index (χ3n) is 2.92. The molecule has 0 amide bonds. The predicted molar refractivity (Wildman–Crippen MR) is 61.0 cm³/mol. The topological polar surface area (TPSA) is 90.5 Å². The Morgan fingerprint density at radius 1 is 1.39 bits per heavy atom. The first-order valence-electron chi connectivity index (χ1n) is 5.73. The lowest BCUT2D eigenvalue weighted by atomic mass is 10.1. The van der Waals surface area contributed by atoms with Crippen molar-refractivity contribution in [1.82, 2.24) is 35.3 Å². The Hall–Kier alpha value is -2.09. The van der Waals surface area contributed by atoms with Crippen LogP contribution in [0, 0.1) is 0 Å². The summed E-state index contributed by atoms with van der Waals surface area (Å²) in [6.45, 7) is 1.75. The van der Waals surface area contributed by atoms with E-state index in [1.54, 1.807) is 28.8 Å². The highest BCUT2D eigenvalue weighted by atomic mass is 16.1. The molecule has 0 atom stereocenters. The van der Waals surface area contributed by atoms with Crippen LogP contribution in [0.3, 0.4) is 0 Å². The molecule has 0 unspecified atom stereocenters. The van der Waals surface area contributed by atoms with Crippen molar-refractivity contribution >= 4 is 5.78 Å². The molecule has 2 aromatic heterocycles. The first-order valence-corrected chi connectivity index (χ1v) is 5.73. The number of hydrogen-bond donors (Lipinski definition) is 1. The minimum Gasteiger partial charge on any atom is -0.312 e. The Balaban J connectivity index is 1.70. The van der Waals surface area contributed by atoms with E-state index in [9.17, 15) is 4.79 Å². The van der Waals surface area contributed by atoms with Crippen molar-refractivity contribution in [3.63, 3.8) is 0 Å². The van der Waals surface area contributed by atoms with E-state index in [1.165, 1.54) is 0 Å². The molecule has 2 aromatic rings. The van der Waals surface area contributed by atoms with Gasteiger partial charge in [0.15, 0.2) is 5.78 Å². The summed E-state index contributed by atoms with van der Waals surface area (Å²) in [4.78, 5) is 12.0. The zero-order valence-electron chi connectivity index (χ0n) is 9.94. The van der Waals surface area contributed by atoms with Gasteiger partial charge in [-0.25, -0.2) is 4.68 Å². The Labute approximate surface area is 103 Å². The van der Waals surface area contributed by atoms with Gasteiger partial charge in [-0.2, -0.15) is 0 Å². The van der Waals surface area contributed by atoms with Gasteiger partial charge in [-0.1, -0.05) is 10.4 Å². The van der Waals surface area contributed by atoms with Crippen LogP contribution in [0.5, 0.6) is 0 Å². The average molecular weight is 247 g/mol. The average Bonchev–Trinajstić information content (AvgIpc) is 2.86. The van der Waals surface area contributed by atoms with Crippen LogP contribution in [0.1, 0.15) is 22.2 Å². The van der Waals surface area contributed by atoms with E-state index in [0.717, 1.165) is 13.1 Å². The molecule has 3 rings (SSSR count). The molecule has 1 aliphatic heterocycles. The van der Waals surface area contributed by atoms with Crippen molar-refractivity contribution in [1.29, 1.82) is 0 Å². The van der Waals surface area contributed by atoms with Crippen molar-refractivity contribution in [2.45, 2.75) is 12.5 Å². The van der Waals surface area contributed by atoms with Crippen LogP contribution >= 0.6 is 0 Å². The fraction of sp³-hybridized carbons (Fsp3) is 0.500. The molecule has 0 spiro atoms. The summed E-state index contributed by atoms with van der Waals surface area (Å²) in [5, 5.41) is 18.7. The first-order chi connectivity index (χ1) is 8.72. The number of carbonyl (C=O) groups excluding carboxylic acids is 1. The van der Waals surface area contributed by atoms with Gasteiger partial charge < -0.3 is 5.32 Å². The van der Waals surface area contributed by atoms with Crippen LogP contribution < -0.4 is 5.32 Å². The van der Waals surface area contributed by atoms with Gasteiger partial charge in [-0.3, -0.25) is 9.48 Å². The van der Waals surface area contributed by atoms with Crippen LogP contribution in [0.4, 0.5) is 0 Å². The van der Waals surface area contributed by atoms with E-state index in [2.05, 4.69) is 25.9 Å². The molecule has 0 aromatic carbocycles. The van der Waals surface area contributed by atoms with Crippen LogP contribution in [0.2, 0.25) is 0 Å². The van der Waals surface area contributed by atoms with Crippen LogP contribution in [-0.2, 0) is 13.5 Å². The molecule has 1 fully saturated rings. The molecule has 8 heteroatoms. The summed E-state index contributed by atoms with van der Waals surface area (Å²) >= 11 is 0. The van der Waals surface area contributed by atoms with Crippen LogP contribution in [0.15, 0.2) is 12.4 Å². The van der Waals surface area contributed by atoms with E-state index >= 15 is 0 Å². The van der Waals surface area contributed by atoms with Gasteiger partial charge >= 0.3 is 0 Å². The molecule has 0 saturated carbocycles. The van der Waals surface area contributed by atoms with Gasteiger partial charge in [0.2, 0.25) is 0 Å². The molecule has 3 heterocycles. The number of aryl methyl sites for hydroxylation is 1. The monoisotopic (exact) mass is 247 g/mol. The number of aromatic nitrogens is 6. The van der Waals surface area contributed by atoms with Crippen LogP contribution in [0.25, 0.3) is 0 Å². The summed E-state index contributed by atoms with van der Waals surface area (Å²) in [7, 11) is 1.76. The highest BCUT2D eigenvalue weighted by molar-refractivity contribution is 5.95. The largest absolute Gasteiger partial charge is 0.312 e. The van der Waals surface area contributed by atoms with Gasteiger partial charge in [0.25, 0.3) is 0 Å². The summed E-state index contributed by atoms with van der Waals surface area (Å²) in [6.07, 6.45) is 3.62. The Kier molecular flexibility index (Phi) is 2.63. The third-order valence-corrected chi connectivity index (χ3v) is 2.92. The predicted octanol–water partition coefficient (Wildman–Crippen LogP) is -1.02. The van der Waals surface area contributed by atoms with Gasteiger partial charge in [0.05, 0.1) is 24.4 Å². The Morgan fingerprint density at radius 2 is 2.22 bits per heavy atom. The molecular weight excluding hydrogens is 234 g/mol. The SMILES string of the molecule is Cn1cc(CC(=O)c2cn(C3CNC3)nn2)nn1. The van der Waals surface area contributed by atoms with E-state index in [0.29, 0.717) is 17.4 Å². The van der Waals surface area contributed by atoms with Crippen molar-refractivity contribution in [3.05, 3.63) is 23.8 Å². The zero-order valence-corrected chi connectivity index (χ0v) is 9.94. The van der Waals surface area contributed by atoms with Gasteiger partial charge in [0.1, 0.15) is 5.69 Å². The third kappa shape index (κ3) is 2.02. The molecule has 0 aliphatic carbocycles. The molecule has 8 nitrogen and oxygen atoms in total. The van der Waals surface area contributed by atoms with Crippen molar-refractivity contribution in [3.8, 4) is 0 Å². The van der Waals surface area contributed by atoms with E-state index in [4.69, 9.17) is 0 Å².